The van der Waals surface area contributed by atoms with Gasteiger partial charge in [0, 0.05) is 23.3 Å². The molecule has 2 nitrogen and oxygen atoms in total. The van der Waals surface area contributed by atoms with E-state index >= 15 is 0 Å². The Bertz CT molecular complexity index is 969. The molecule has 0 aromatic carbocycles. The molecule has 2 heteroatoms. The van der Waals surface area contributed by atoms with Crippen LogP contribution in [0.5, 0.6) is 0 Å². The molecular formula is C32H46O2. The fourth-order valence-corrected chi connectivity index (χ4v) is 7.40. The number of aliphatic hydroxyl groups is 2. The third-order valence-corrected chi connectivity index (χ3v) is 9.28. The van der Waals surface area contributed by atoms with Crippen molar-refractivity contribution in [1.29, 1.82) is 0 Å². The van der Waals surface area contributed by atoms with Crippen molar-refractivity contribution < 1.29 is 10.2 Å². The second-order valence-corrected chi connectivity index (χ2v) is 11.7. The molecule has 4 aliphatic carbocycles. The van der Waals surface area contributed by atoms with Gasteiger partial charge in [-0.25, -0.2) is 0 Å². The summed E-state index contributed by atoms with van der Waals surface area (Å²) in [6, 6.07) is 0. The van der Waals surface area contributed by atoms with Gasteiger partial charge in [0.15, 0.2) is 0 Å². The molecule has 2 unspecified atom stereocenters. The summed E-state index contributed by atoms with van der Waals surface area (Å²) in [4.78, 5) is 0. The van der Waals surface area contributed by atoms with Gasteiger partial charge in [0.05, 0.1) is 0 Å². The number of allylic oxidation sites excluding steroid dienone is 10. The second kappa shape index (κ2) is 10.3. The standard InChI is InChI=1S/C32H46O2/c1-7-8-9-10-11-24-22(6)25-15-13-21(5)17-27(25)30-28(24)18-29(33)31(32(30)34)26-16-20(4)12-14-23(26)19(2)3/h16-18,23,25-28,30,33-34H,2,7-15H2,1,3-6H3/t23-,25-,26+,27+,28?,30?/m0/s1. The normalized spacial score (nSPS) is 33.6. The summed E-state index contributed by atoms with van der Waals surface area (Å²) in [7, 11) is 0. The van der Waals surface area contributed by atoms with Crippen LogP contribution in [0.15, 0.2) is 69.8 Å². The number of unbranched alkanes of at least 4 members (excludes halogenated alkanes) is 3. The lowest BCUT2D eigenvalue weighted by Crippen LogP contribution is -2.40. The average Bonchev–Trinajstić information content (AvgIpc) is 2.78. The van der Waals surface area contributed by atoms with Crippen LogP contribution >= 0.6 is 0 Å². The minimum absolute atomic E-state index is 0.00979. The quantitative estimate of drug-likeness (QED) is 0.292. The lowest BCUT2D eigenvalue weighted by atomic mass is 9.57. The third-order valence-electron chi connectivity index (χ3n) is 9.28. The molecule has 0 fully saturated rings. The van der Waals surface area contributed by atoms with Crippen molar-refractivity contribution in [2.45, 2.75) is 92.4 Å². The van der Waals surface area contributed by atoms with Gasteiger partial charge in [-0.3, -0.25) is 0 Å². The maximum absolute atomic E-state index is 12.0. The van der Waals surface area contributed by atoms with Crippen LogP contribution in [0.3, 0.4) is 0 Å². The summed E-state index contributed by atoms with van der Waals surface area (Å²) in [6.07, 6.45) is 17.3. The molecule has 0 amide bonds. The van der Waals surface area contributed by atoms with Crippen LogP contribution in [0.4, 0.5) is 0 Å². The number of aliphatic hydroxyl groups excluding tert-OH is 2. The summed E-state index contributed by atoms with van der Waals surface area (Å²) >= 11 is 0. The Balaban J connectivity index is 1.79. The van der Waals surface area contributed by atoms with Crippen molar-refractivity contribution in [3.05, 3.63) is 69.8 Å². The summed E-state index contributed by atoms with van der Waals surface area (Å²) in [5, 5.41) is 23.4. The predicted octanol–water partition coefficient (Wildman–Crippen LogP) is 9.31. The fraction of sp³-hybridized carbons (Fsp3) is 0.625. The van der Waals surface area contributed by atoms with Crippen LogP contribution in [0.2, 0.25) is 0 Å². The van der Waals surface area contributed by atoms with Crippen LogP contribution in [-0.4, -0.2) is 10.2 Å². The van der Waals surface area contributed by atoms with E-state index in [0.29, 0.717) is 23.4 Å². The van der Waals surface area contributed by atoms with E-state index in [0.717, 1.165) is 36.8 Å². The summed E-state index contributed by atoms with van der Waals surface area (Å²) < 4.78 is 0. The van der Waals surface area contributed by atoms with Gasteiger partial charge in [-0.1, -0.05) is 72.8 Å². The predicted molar refractivity (Wildman–Crippen MR) is 144 cm³/mol. The van der Waals surface area contributed by atoms with Crippen molar-refractivity contribution >= 4 is 0 Å². The van der Waals surface area contributed by atoms with E-state index in [1.807, 2.05) is 0 Å². The van der Waals surface area contributed by atoms with E-state index in [2.05, 4.69) is 59.4 Å². The molecule has 0 saturated heterocycles. The van der Waals surface area contributed by atoms with Crippen LogP contribution in [0, 0.1) is 35.5 Å². The molecular weight excluding hydrogens is 416 g/mol. The largest absolute Gasteiger partial charge is 0.512 e. The SMILES string of the molecule is C=C(C)[C@@H]1CCC(C)=C[C@H]1C1=C(O)C2C(C=C1O)C(CCCCCC)=C(C)[C@@H]1CCC(C)=C[C@@H]21. The number of rotatable bonds is 7. The van der Waals surface area contributed by atoms with Crippen molar-refractivity contribution in [2.75, 3.05) is 0 Å². The lowest BCUT2D eigenvalue weighted by Gasteiger charge is -2.48. The molecule has 0 aliphatic heterocycles. The van der Waals surface area contributed by atoms with E-state index in [1.165, 1.54) is 54.4 Å². The van der Waals surface area contributed by atoms with Gasteiger partial charge in [0.2, 0.25) is 0 Å². The monoisotopic (exact) mass is 462 g/mol. The second-order valence-electron chi connectivity index (χ2n) is 11.7. The van der Waals surface area contributed by atoms with E-state index < -0.39 is 0 Å². The highest BCUT2D eigenvalue weighted by Crippen LogP contribution is 2.55. The molecule has 0 saturated carbocycles. The first-order chi connectivity index (χ1) is 16.2. The average molecular weight is 463 g/mol. The minimum atomic E-state index is 0.00979. The van der Waals surface area contributed by atoms with Gasteiger partial charge in [-0.2, -0.15) is 0 Å². The first-order valence-corrected chi connectivity index (χ1v) is 13.8. The molecule has 0 bridgehead atoms. The van der Waals surface area contributed by atoms with Crippen molar-refractivity contribution in [2.24, 2.45) is 35.5 Å². The molecule has 4 aliphatic rings. The molecule has 4 rings (SSSR count). The molecule has 0 aromatic heterocycles. The van der Waals surface area contributed by atoms with Crippen LogP contribution in [-0.2, 0) is 0 Å². The summed E-state index contributed by atoms with van der Waals surface area (Å²) in [6.45, 7) is 15.4. The van der Waals surface area contributed by atoms with Crippen molar-refractivity contribution in [3.8, 4) is 0 Å². The van der Waals surface area contributed by atoms with Gasteiger partial charge in [-0.05, 0) is 90.0 Å². The Labute approximate surface area is 207 Å². The Morgan fingerprint density at radius 2 is 1.65 bits per heavy atom. The van der Waals surface area contributed by atoms with Gasteiger partial charge in [0.25, 0.3) is 0 Å². The highest BCUT2D eigenvalue weighted by atomic mass is 16.3. The lowest BCUT2D eigenvalue weighted by molar-refractivity contribution is 0.169. The van der Waals surface area contributed by atoms with Crippen LogP contribution < -0.4 is 0 Å². The van der Waals surface area contributed by atoms with Crippen LogP contribution in [0.25, 0.3) is 0 Å². The molecule has 0 radical (unpaired) electrons. The zero-order chi connectivity index (χ0) is 24.6. The van der Waals surface area contributed by atoms with E-state index in [1.54, 1.807) is 0 Å². The zero-order valence-electron chi connectivity index (χ0n) is 22.2. The van der Waals surface area contributed by atoms with Crippen molar-refractivity contribution in [3.63, 3.8) is 0 Å². The molecule has 34 heavy (non-hydrogen) atoms. The first-order valence-electron chi connectivity index (χ1n) is 13.8. The van der Waals surface area contributed by atoms with E-state index in [9.17, 15) is 10.2 Å². The van der Waals surface area contributed by atoms with Crippen LogP contribution in [0.1, 0.15) is 92.4 Å². The number of hydrogen-bond donors (Lipinski definition) is 2. The maximum Gasteiger partial charge on any atom is 0.119 e. The Morgan fingerprint density at radius 3 is 2.35 bits per heavy atom. The van der Waals surface area contributed by atoms with E-state index in [-0.39, 0.29) is 23.7 Å². The molecule has 6 atom stereocenters. The first kappa shape index (κ1) is 25.1. The number of hydrogen-bond acceptors (Lipinski definition) is 2. The Morgan fingerprint density at radius 1 is 0.941 bits per heavy atom. The van der Waals surface area contributed by atoms with Gasteiger partial charge in [-0.15, -0.1) is 0 Å². The summed E-state index contributed by atoms with van der Waals surface area (Å²) in [5.74, 6) is 1.99. The topological polar surface area (TPSA) is 40.5 Å². The fourth-order valence-electron chi connectivity index (χ4n) is 7.40. The van der Waals surface area contributed by atoms with Gasteiger partial charge < -0.3 is 10.2 Å². The Hall–Kier alpha value is -1.96. The number of fused-ring (bicyclic) bond motifs is 3. The third kappa shape index (κ3) is 4.62. The van der Waals surface area contributed by atoms with Crippen molar-refractivity contribution in [1.82, 2.24) is 0 Å². The molecule has 0 spiro atoms. The van der Waals surface area contributed by atoms with Gasteiger partial charge >= 0.3 is 0 Å². The smallest absolute Gasteiger partial charge is 0.119 e. The summed E-state index contributed by atoms with van der Waals surface area (Å²) in [5.41, 5.74) is 7.72. The minimum Gasteiger partial charge on any atom is -0.512 e. The molecule has 0 aromatic rings. The Kier molecular flexibility index (Phi) is 7.65. The maximum atomic E-state index is 12.0. The molecule has 2 N–H and O–H groups in total. The highest BCUT2D eigenvalue weighted by molar-refractivity contribution is 5.46. The van der Waals surface area contributed by atoms with Gasteiger partial charge in [0.1, 0.15) is 11.5 Å². The molecule has 0 heterocycles. The zero-order valence-corrected chi connectivity index (χ0v) is 22.2. The molecule has 186 valence electrons. The highest BCUT2D eigenvalue weighted by Gasteiger charge is 2.48. The van der Waals surface area contributed by atoms with E-state index in [4.69, 9.17) is 0 Å².